The summed E-state index contributed by atoms with van der Waals surface area (Å²) in [5.74, 6) is 0. The van der Waals surface area contributed by atoms with Crippen molar-refractivity contribution in [1.82, 2.24) is 14.5 Å². The van der Waals surface area contributed by atoms with E-state index in [0.29, 0.717) is 26.3 Å². The lowest BCUT2D eigenvalue weighted by atomic mass is 10.4. The standard InChI is InChI=1S/C10H14ClN3O3/c11-8-7-9(15)14(10(16)12-8)2-1-13-3-5-17-6-4-13/h7H,1-6H2,(H,12,16). The molecular formula is C10H14ClN3O3. The monoisotopic (exact) mass is 259 g/mol. The molecule has 0 atom stereocenters. The summed E-state index contributed by atoms with van der Waals surface area (Å²) in [6, 6.07) is 1.21. The molecule has 1 aromatic heterocycles. The van der Waals surface area contributed by atoms with Crippen molar-refractivity contribution in [3.63, 3.8) is 0 Å². The lowest BCUT2D eigenvalue weighted by Crippen LogP contribution is -2.42. The summed E-state index contributed by atoms with van der Waals surface area (Å²) in [6.07, 6.45) is 0. The second-order valence-electron chi connectivity index (χ2n) is 3.87. The third-order valence-electron chi connectivity index (χ3n) is 2.73. The van der Waals surface area contributed by atoms with Gasteiger partial charge in [0.2, 0.25) is 0 Å². The number of hydrogen-bond acceptors (Lipinski definition) is 4. The molecule has 0 saturated carbocycles. The molecule has 2 heterocycles. The third kappa shape index (κ3) is 3.18. The highest BCUT2D eigenvalue weighted by atomic mass is 35.5. The third-order valence-corrected chi connectivity index (χ3v) is 2.93. The second-order valence-corrected chi connectivity index (χ2v) is 4.27. The smallest absolute Gasteiger partial charge is 0.329 e. The number of morpholine rings is 1. The number of H-pyrrole nitrogens is 1. The molecule has 0 spiro atoms. The van der Waals surface area contributed by atoms with E-state index in [-0.39, 0.29) is 10.7 Å². The Bertz CT molecular complexity index is 459. The zero-order valence-electron chi connectivity index (χ0n) is 9.32. The first-order chi connectivity index (χ1) is 8.16. The van der Waals surface area contributed by atoms with E-state index in [2.05, 4.69) is 9.88 Å². The summed E-state index contributed by atoms with van der Waals surface area (Å²) < 4.78 is 6.37. The van der Waals surface area contributed by atoms with Crippen LogP contribution in [0.3, 0.4) is 0 Å². The maximum absolute atomic E-state index is 11.5. The van der Waals surface area contributed by atoms with Gasteiger partial charge in [0.05, 0.1) is 13.2 Å². The zero-order chi connectivity index (χ0) is 12.3. The van der Waals surface area contributed by atoms with E-state index in [9.17, 15) is 9.59 Å². The molecule has 94 valence electrons. The molecule has 6 nitrogen and oxygen atoms in total. The van der Waals surface area contributed by atoms with Crippen molar-refractivity contribution < 1.29 is 4.74 Å². The molecule has 1 saturated heterocycles. The van der Waals surface area contributed by atoms with Gasteiger partial charge < -0.3 is 4.74 Å². The number of aromatic amines is 1. The van der Waals surface area contributed by atoms with E-state index < -0.39 is 5.69 Å². The first-order valence-corrected chi connectivity index (χ1v) is 5.84. The first kappa shape index (κ1) is 12.3. The minimum Gasteiger partial charge on any atom is -0.379 e. The van der Waals surface area contributed by atoms with E-state index in [0.717, 1.165) is 17.7 Å². The van der Waals surface area contributed by atoms with E-state index in [1.54, 1.807) is 0 Å². The molecule has 1 aromatic rings. The molecule has 0 aromatic carbocycles. The van der Waals surface area contributed by atoms with Gasteiger partial charge in [-0.05, 0) is 0 Å². The molecule has 7 heteroatoms. The van der Waals surface area contributed by atoms with Crippen LogP contribution in [0, 0.1) is 0 Å². The van der Waals surface area contributed by atoms with Crippen LogP contribution in [0.1, 0.15) is 0 Å². The van der Waals surface area contributed by atoms with Gasteiger partial charge in [-0.15, -0.1) is 0 Å². The fourth-order valence-corrected chi connectivity index (χ4v) is 1.94. The van der Waals surface area contributed by atoms with Gasteiger partial charge in [0, 0.05) is 32.2 Å². The molecule has 0 radical (unpaired) electrons. The second kappa shape index (κ2) is 5.48. The van der Waals surface area contributed by atoms with Crippen molar-refractivity contribution in [2.45, 2.75) is 6.54 Å². The predicted molar refractivity (Wildman–Crippen MR) is 63.6 cm³/mol. The lowest BCUT2D eigenvalue weighted by molar-refractivity contribution is 0.0361. The number of rotatable bonds is 3. The van der Waals surface area contributed by atoms with Crippen molar-refractivity contribution >= 4 is 11.6 Å². The summed E-state index contributed by atoms with van der Waals surface area (Å²) in [5, 5.41) is 0.0719. The Morgan fingerprint density at radius 2 is 2.00 bits per heavy atom. The Morgan fingerprint density at radius 3 is 2.65 bits per heavy atom. The van der Waals surface area contributed by atoms with Gasteiger partial charge in [-0.25, -0.2) is 4.79 Å². The van der Waals surface area contributed by atoms with E-state index in [1.165, 1.54) is 6.07 Å². The SMILES string of the molecule is O=c1cc(Cl)[nH]c(=O)n1CCN1CCOCC1. The van der Waals surface area contributed by atoms with E-state index in [1.807, 2.05) is 0 Å². The summed E-state index contributed by atoms with van der Waals surface area (Å²) in [5.41, 5.74) is -0.831. The number of nitrogens with one attached hydrogen (secondary N) is 1. The Balaban J connectivity index is 2.03. The maximum Gasteiger partial charge on any atom is 0.329 e. The average molecular weight is 260 g/mol. The largest absolute Gasteiger partial charge is 0.379 e. The molecule has 1 N–H and O–H groups in total. The van der Waals surface area contributed by atoms with E-state index in [4.69, 9.17) is 16.3 Å². The normalized spacial score (nSPS) is 17.2. The number of nitrogens with zero attached hydrogens (tertiary/aromatic N) is 2. The van der Waals surface area contributed by atoms with E-state index >= 15 is 0 Å². The van der Waals surface area contributed by atoms with Gasteiger partial charge in [-0.3, -0.25) is 19.2 Å². The Hall–Kier alpha value is -1.11. The van der Waals surface area contributed by atoms with Crippen LogP contribution >= 0.6 is 11.6 Å². The molecule has 1 aliphatic heterocycles. The van der Waals surface area contributed by atoms with Crippen LogP contribution in [-0.4, -0.2) is 47.3 Å². The van der Waals surface area contributed by atoms with Crippen LogP contribution in [0.5, 0.6) is 0 Å². The number of aromatic nitrogens is 2. The molecule has 17 heavy (non-hydrogen) atoms. The van der Waals surface area contributed by atoms with Crippen LogP contribution in [0.4, 0.5) is 0 Å². The Kier molecular flexibility index (Phi) is 3.98. The number of halogens is 1. The lowest BCUT2D eigenvalue weighted by Gasteiger charge is -2.26. The average Bonchev–Trinajstić information content (AvgIpc) is 2.29. The number of ether oxygens (including phenoxy) is 1. The highest BCUT2D eigenvalue weighted by Crippen LogP contribution is 1.97. The summed E-state index contributed by atoms with van der Waals surface area (Å²) >= 11 is 5.58. The summed E-state index contributed by atoms with van der Waals surface area (Å²) in [7, 11) is 0. The summed E-state index contributed by atoms with van der Waals surface area (Å²) in [6.45, 7) is 4.09. The van der Waals surface area contributed by atoms with Crippen LogP contribution in [0.15, 0.2) is 15.7 Å². The van der Waals surface area contributed by atoms with Gasteiger partial charge in [0.15, 0.2) is 0 Å². The minimum absolute atomic E-state index is 0.0719. The van der Waals surface area contributed by atoms with Gasteiger partial charge in [0.25, 0.3) is 5.56 Å². The topological polar surface area (TPSA) is 67.3 Å². The summed E-state index contributed by atoms with van der Waals surface area (Å²) in [4.78, 5) is 27.6. The molecule has 1 fully saturated rings. The highest BCUT2D eigenvalue weighted by Gasteiger charge is 2.11. The van der Waals surface area contributed by atoms with Crippen LogP contribution in [0.2, 0.25) is 5.15 Å². The Labute approximate surface area is 103 Å². The van der Waals surface area contributed by atoms with Gasteiger partial charge in [-0.2, -0.15) is 0 Å². The fourth-order valence-electron chi connectivity index (χ4n) is 1.77. The molecule has 0 aliphatic carbocycles. The van der Waals surface area contributed by atoms with Gasteiger partial charge in [-0.1, -0.05) is 11.6 Å². The molecular weight excluding hydrogens is 246 g/mol. The molecule has 0 amide bonds. The van der Waals surface area contributed by atoms with Crippen LogP contribution in [0.25, 0.3) is 0 Å². The quantitative estimate of drug-likeness (QED) is 0.745. The first-order valence-electron chi connectivity index (χ1n) is 5.46. The predicted octanol–water partition coefficient (Wildman–Crippen LogP) is -0.478. The molecule has 1 aliphatic rings. The van der Waals surface area contributed by atoms with Crippen molar-refractivity contribution in [2.24, 2.45) is 0 Å². The highest BCUT2D eigenvalue weighted by molar-refractivity contribution is 6.29. The molecule has 2 rings (SSSR count). The molecule has 0 unspecified atom stereocenters. The van der Waals surface area contributed by atoms with Crippen molar-refractivity contribution in [3.8, 4) is 0 Å². The molecule has 0 bridgehead atoms. The van der Waals surface area contributed by atoms with Crippen LogP contribution in [-0.2, 0) is 11.3 Å². The number of hydrogen-bond donors (Lipinski definition) is 1. The van der Waals surface area contributed by atoms with Crippen molar-refractivity contribution in [3.05, 3.63) is 32.1 Å². The van der Waals surface area contributed by atoms with Gasteiger partial charge in [0.1, 0.15) is 5.15 Å². The van der Waals surface area contributed by atoms with Crippen molar-refractivity contribution in [2.75, 3.05) is 32.8 Å². The fraction of sp³-hybridized carbons (Fsp3) is 0.600. The van der Waals surface area contributed by atoms with Crippen LogP contribution < -0.4 is 11.2 Å². The Morgan fingerprint density at radius 1 is 1.29 bits per heavy atom. The van der Waals surface area contributed by atoms with Gasteiger partial charge >= 0.3 is 5.69 Å². The van der Waals surface area contributed by atoms with Crippen molar-refractivity contribution in [1.29, 1.82) is 0 Å². The minimum atomic E-state index is -0.462. The maximum atomic E-state index is 11.5. The zero-order valence-corrected chi connectivity index (χ0v) is 10.1.